The third kappa shape index (κ3) is 2.72. The molecule has 0 spiro atoms. The highest BCUT2D eigenvalue weighted by Gasteiger charge is 2.13. The number of hydrogen-bond acceptors (Lipinski definition) is 2. The van der Waals surface area contributed by atoms with Crippen LogP contribution in [0.15, 0.2) is 53.0 Å². The summed E-state index contributed by atoms with van der Waals surface area (Å²) in [5.74, 6) is 0. The Hall–Kier alpha value is -1.79. The van der Waals surface area contributed by atoms with E-state index >= 15 is 0 Å². The molecule has 0 saturated carbocycles. The van der Waals surface area contributed by atoms with Gasteiger partial charge in [-0.25, -0.2) is 0 Å². The Balaban J connectivity index is 2.30. The Bertz CT molecular complexity index is 587. The standard InChI is InChI=1S/C15H13BrN2/c1-11-6-2-3-7-12(11)15(10-17)18-14-9-5-4-8-13(14)16/h2-9,15,18H,1H3. The summed E-state index contributed by atoms with van der Waals surface area (Å²) >= 11 is 3.47. The molecule has 0 aliphatic heterocycles. The Labute approximate surface area is 115 Å². The first-order valence-corrected chi connectivity index (χ1v) is 6.48. The smallest absolute Gasteiger partial charge is 0.140 e. The zero-order valence-electron chi connectivity index (χ0n) is 10.0. The van der Waals surface area contributed by atoms with Gasteiger partial charge < -0.3 is 5.32 Å². The Morgan fingerprint density at radius 1 is 1.11 bits per heavy atom. The highest BCUT2D eigenvalue weighted by molar-refractivity contribution is 9.10. The molecule has 3 heteroatoms. The van der Waals surface area contributed by atoms with Crippen molar-refractivity contribution in [3.05, 3.63) is 64.1 Å². The van der Waals surface area contributed by atoms with Crippen LogP contribution in [0.4, 0.5) is 5.69 Å². The summed E-state index contributed by atoms with van der Waals surface area (Å²) in [6.45, 7) is 2.02. The van der Waals surface area contributed by atoms with Gasteiger partial charge in [0.05, 0.1) is 6.07 Å². The quantitative estimate of drug-likeness (QED) is 0.910. The lowest BCUT2D eigenvalue weighted by Gasteiger charge is -2.16. The molecule has 0 radical (unpaired) electrons. The lowest BCUT2D eigenvalue weighted by Crippen LogP contribution is -2.10. The maximum Gasteiger partial charge on any atom is 0.140 e. The van der Waals surface area contributed by atoms with E-state index in [1.165, 1.54) is 0 Å². The SMILES string of the molecule is Cc1ccccc1C(C#N)Nc1ccccc1Br. The van der Waals surface area contributed by atoms with Crippen LogP contribution >= 0.6 is 15.9 Å². The molecule has 1 unspecified atom stereocenters. The molecule has 18 heavy (non-hydrogen) atoms. The molecular weight excluding hydrogens is 288 g/mol. The third-order valence-electron chi connectivity index (χ3n) is 2.80. The van der Waals surface area contributed by atoms with Gasteiger partial charge in [0.25, 0.3) is 0 Å². The Kier molecular flexibility index (Phi) is 4.01. The molecule has 1 atom stereocenters. The summed E-state index contributed by atoms with van der Waals surface area (Å²) in [6, 6.07) is 17.7. The zero-order chi connectivity index (χ0) is 13.0. The minimum Gasteiger partial charge on any atom is -0.365 e. The second-order valence-corrected chi connectivity index (χ2v) is 4.90. The first-order chi connectivity index (χ1) is 8.72. The minimum atomic E-state index is -0.343. The van der Waals surface area contributed by atoms with E-state index in [2.05, 4.69) is 27.3 Å². The van der Waals surface area contributed by atoms with Crippen molar-refractivity contribution in [1.29, 1.82) is 5.26 Å². The Morgan fingerprint density at radius 2 is 1.78 bits per heavy atom. The number of anilines is 1. The molecule has 1 N–H and O–H groups in total. The van der Waals surface area contributed by atoms with Crippen LogP contribution in [-0.2, 0) is 0 Å². The summed E-state index contributed by atoms with van der Waals surface area (Å²) in [4.78, 5) is 0. The average Bonchev–Trinajstić information content (AvgIpc) is 2.39. The Morgan fingerprint density at radius 3 is 2.44 bits per heavy atom. The largest absolute Gasteiger partial charge is 0.365 e. The molecule has 2 aromatic carbocycles. The molecule has 2 nitrogen and oxygen atoms in total. The van der Waals surface area contributed by atoms with Crippen molar-refractivity contribution in [2.75, 3.05) is 5.32 Å². The van der Waals surface area contributed by atoms with Crippen molar-refractivity contribution < 1.29 is 0 Å². The van der Waals surface area contributed by atoms with Crippen LogP contribution in [-0.4, -0.2) is 0 Å². The van der Waals surface area contributed by atoms with Gasteiger partial charge in [-0.2, -0.15) is 5.26 Å². The van der Waals surface area contributed by atoms with Crippen molar-refractivity contribution in [1.82, 2.24) is 0 Å². The monoisotopic (exact) mass is 300 g/mol. The van der Waals surface area contributed by atoms with E-state index in [-0.39, 0.29) is 6.04 Å². The molecule has 90 valence electrons. The molecule has 0 amide bonds. The first kappa shape index (κ1) is 12.7. The second kappa shape index (κ2) is 5.70. The van der Waals surface area contributed by atoms with Gasteiger partial charge in [0.2, 0.25) is 0 Å². The molecule has 2 rings (SSSR count). The third-order valence-corrected chi connectivity index (χ3v) is 3.49. The fourth-order valence-corrected chi connectivity index (χ4v) is 2.22. The summed E-state index contributed by atoms with van der Waals surface area (Å²) in [7, 11) is 0. The summed E-state index contributed by atoms with van der Waals surface area (Å²) in [5, 5.41) is 12.6. The highest BCUT2D eigenvalue weighted by atomic mass is 79.9. The van der Waals surface area contributed by atoms with Crippen molar-refractivity contribution >= 4 is 21.6 Å². The minimum absolute atomic E-state index is 0.343. The fourth-order valence-electron chi connectivity index (χ4n) is 1.82. The van der Waals surface area contributed by atoms with Crippen LogP contribution in [0.1, 0.15) is 17.2 Å². The van der Waals surface area contributed by atoms with E-state index in [0.717, 1.165) is 21.3 Å². The van der Waals surface area contributed by atoms with E-state index in [1.54, 1.807) is 0 Å². The normalized spacial score (nSPS) is 11.6. The van der Waals surface area contributed by atoms with E-state index < -0.39 is 0 Å². The lowest BCUT2D eigenvalue weighted by atomic mass is 10.0. The topological polar surface area (TPSA) is 35.8 Å². The second-order valence-electron chi connectivity index (χ2n) is 4.04. The van der Waals surface area contributed by atoms with Gasteiger partial charge in [-0.1, -0.05) is 36.4 Å². The van der Waals surface area contributed by atoms with E-state index in [9.17, 15) is 5.26 Å². The number of rotatable bonds is 3. The fraction of sp³-hybridized carbons (Fsp3) is 0.133. The van der Waals surface area contributed by atoms with E-state index in [0.29, 0.717) is 0 Å². The molecular formula is C15H13BrN2. The predicted octanol–water partition coefficient (Wildman–Crippen LogP) is 4.43. The number of aryl methyl sites for hydroxylation is 1. The molecule has 0 aliphatic rings. The molecule has 2 aromatic rings. The van der Waals surface area contributed by atoms with Crippen molar-refractivity contribution in [2.24, 2.45) is 0 Å². The van der Waals surface area contributed by atoms with Gasteiger partial charge in [-0.3, -0.25) is 0 Å². The van der Waals surface area contributed by atoms with Crippen LogP contribution < -0.4 is 5.32 Å². The first-order valence-electron chi connectivity index (χ1n) is 5.68. The van der Waals surface area contributed by atoms with Gasteiger partial charge in [-0.05, 0) is 46.1 Å². The summed E-state index contributed by atoms with van der Waals surface area (Å²) in [6.07, 6.45) is 0. The molecule has 0 bridgehead atoms. The maximum atomic E-state index is 9.33. The summed E-state index contributed by atoms with van der Waals surface area (Å²) < 4.78 is 0.957. The molecule has 0 aromatic heterocycles. The van der Waals surface area contributed by atoms with Crippen molar-refractivity contribution in [3.8, 4) is 6.07 Å². The molecule has 0 heterocycles. The molecule has 0 aliphatic carbocycles. The van der Waals surface area contributed by atoms with Gasteiger partial charge in [0.15, 0.2) is 0 Å². The van der Waals surface area contributed by atoms with Crippen molar-refractivity contribution in [3.63, 3.8) is 0 Å². The van der Waals surface area contributed by atoms with E-state index in [1.807, 2.05) is 55.5 Å². The van der Waals surface area contributed by atoms with Crippen LogP contribution in [0.5, 0.6) is 0 Å². The maximum absolute atomic E-state index is 9.33. The van der Waals surface area contributed by atoms with Crippen LogP contribution in [0.3, 0.4) is 0 Å². The van der Waals surface area contributed by atoms with Gasteiger partial charge in [0, 0.05) is 10.2 Å². The zero-order valence-corrected chi connectivity index (χ0v) is 11.6. The summed E-state index contributed by atoms with van der Waals surface area (Å²) in [5.41, 5.74) is 3.05. The van der Waals surface area contributed by atoms with Gasteiger partial charge in [0.1, 0.15) is 6.04 Å². The number of nitrogens with zero attached hydrogens (tertiary/aromatic N) is 1. The van der Waals surface area contributed by atoms with Crippen LogP contribution in [0.2, 0.25) is 0 Å². The van der Waals surface area contributed by atoms with E-state index in [4.69, 9.17) is 0 Å². The van der Waals surface area contributed by atoms with Crippen LogP contribution in [0, 0.1) is 18.3 Å². The van der Waals surface area contributed by atoms with Crippen LogP contribution in [0.25, 0.3) is 0 Å². The van der Waals surface area contributed by atoms with Crippen molar-refractivity contribution in [2.45, 2.75) is 13.0 Å². The molecule has 0 saturated heterocycles. The van der Waals surface area contributed by atoms with Gasteiger partial charge in [-0.15, -0.1) is 0 Å². The number of halogens is 1. The number of nitrogens with one attached hydrogen (secondary N) is 1. The number of benzene rings is 2. The highest BCUT2D eigenvalue weighted by Crippen LogP contribution is 2.27. The number of para-hydroxylation sites is 1. The lowest BCUT2D eigenvalue weighted by molar-refractivity contribution is 0.980. The number of hydrogen-bond donors (Lipinski definition) is 1. The predicted molar refractivity (Wildman–Crippen MR) is 77.3 cm³/mol. The number of nitriles is 1. The van der Waals surface area contributed by atoms with Gasteiger partial charge >= 0.3 is 0 Å². The molecule has 0 fully saturated rings. The average molecular weight is 301 g/mol.